The van der Waals surface area contributed by atoms with Gasteiger partial charge in [0.15, 0.2) is 5.96 Å². The van der Waals surface area contributed by atoms with E-state index in [4.69, 9.17) is 8.94 Å². The normalized spacial score (nSPS) is 12.7. The number of likely N-dealkylation sites (N-methyl/N-ethyl adjacent to an activating group) is 1. The third kappa shape index (κ3) is 6.23. The first-order valence-corrected chi connectivity index (χ1v) is 9.86. The van der Waals surface area contributed by atoms with E-state index < -0.39 is 0 Å². The quantitative estimate of drug-likeness (QED) is 0.292. The van der Waals surface area contributed by atoms with E-state index in [1.807, 2.05) is 12.1 Å². The number of aromatic nitrogens is 1. The highest BCUT2D eigenvalue weighted by Gasteiger charge is 2.21. The van der Waals surface area contributed by atoms with Gasteiger partial charge in [0.05, 0.1) is 18.0 Å². The first-order valence-electron chi connectivity index (χ1n) is 9.86. The van der Waals surface area contributed by atoms with Crippen LogP contribution in [0.25, 0.3) is 0 Å². The molecule has 0 saturated carbocycles. The summed E-state index contributed by atoms with van der Waals surface area (Å²) in [6.45, 7) is 11.8. The predicted octanol–water partition coefficient (Wildman–Crippen LogP) is 3.76. The van der Waals surface area contributed by atoms with Gasteiger partial charge in [0.25, 0.3) is 0 Å². The molecule has 0 aliphatic rings. The van der Waals surface area contributed by atoms with Gasteiger partial charge in [-0.2, -0.15) is 0 Å². The Hall–Kier alpha value is -1.55. The van der Waals surface area contributed by atoms with Gasteiger partial charge in [-0.25, -0.2) is 0 Å². The fourth-order valence-corrected chi connectivity index (χ4v) is 3.28. The lowest BCUT2D eigenvalue weighted by Gasteiger charge is -2.28. The van der Waals surface area contributed by atoms with E-state index in [0.29, 0.717) is 13.1 Å². The zero-order valence-electron chi connectivity index (χ0n) is 17.6. The smallest absolute Gasteiger partial charge is 0.191 e. The molecule has 2 heterocycles. The van der Waals surface area contributed by atoms with Gasteiger partial charge in [0.1, 0.15) is 11.5 Å². The average Bonchev–Trinajstić information content (AvgIpc) is 3.36. The summed E-state index contributed by atoms with van der Waals surface area (Å²) >= 11 is 0. The van der Waals surface area contributed by atoms with Gasteiger partial charge in [-0.05, 0) is 31.6 Å². The monoisotopic (exact) mass is 503 g/mol. The SMILES string of the molecule is CCc1noc(CC)c1CNC(=NC)NCC(c1ccco1)N(CC)CC.I. The van der Waals surface area contributed by atoms with Crippen LogP contribution in [0.2, 0.25) is 0 Å². The van der Waals surface area contributed by atoms with E-state index in [1.165, 1.54) is 0 Å². The minimum atomic E-state index is 0. The Bertz CT molecular complexity index is 674. The van der Waals surface area contributed by atoms with Gasteiger partial charge in [0.2, 0.25) is 0 Å². The molecule has 2 aromatic rings. The number of rotatable bonds is 10. The van der Waals surface area contributed by atoms with E-state index in [2.05, 4.69) is 53.4 Å². The van der Waals surface area contributed by atoms with Crippen LogP contribution in [0.4, 0.5) is 0 Å². The second-order valence-corrected chi connectivity index (χ2v) is 6.30. The Morgan fingerprint density at radius 3 is 2.46 bits per heavy atom. The number of furan rings is 1. The van der Waals surface area contributed by atoms with Crippen molar-refractivity contribution in [2.24, 2.45) is 4.99 Å². The molecule has 0 radical (unpaired) electrons. The van der Waals surface area contributed by atoms with Gasteiger partial charge in [-0.15, -0.1) is 24.0 Å². The molecule has 7 nitrogen and oxygen atoms in total. The van der Waals surface area contributed by atoms with Crippen molar-refractivity contribution in [1.82, 2.24) is 20.7 Å². The van der Waals surface area contributed by atoms with Gasteiger partial charge >= 0.3 is 0 Å². The van der Waals surface area contributed by atoms with Crippen LogP contribution in [0.5, 0.6) is 0 Å². The number of halogens is 1. The molecule has 0 bridgehead atoms. The molecule has 2 rings (SSSR count). The first kappa shape index (κ1) is 24.5. The molecule has 8 heteroatoms. The Kier molecular flexibility index (Phi) is 11.2. The molecule has 1 atom stereocenters. The number of nitrogens with zero attached hydrogens (tertiary/aromatic N) is 3. The number of aryl methyl sites for hydroxylation is 2. The van der Waals surface area contributed by atoms with Crippen LogP contribution in [0.15, 0.2) is 32.3 Å². The largest absolute Gasteiger partial charge is 0.468 e. The predicted molar refractivity (Wildman–Crippen MR) is 123 cm³/mol. The van der Waals surface area contributed by atoms with Crippen LogP contribution < -0.4 is 10.6 Å². The van der Waals surface area contributed by atoms with Crippen molar-refractivity contribution in [3.05, 3.63) is 41.2 Å². The molecule has 0 amide bonds. The fourth-order valence-electron chi connectivity index (χ4n) is 3.28. The van der Waals surface area contributed by atoms with Crippen molar-refractivity contribution in [2.75, 3.05) is 26.7 Å². The summed E-state index contributed by atoms with van der Waals surface area (Å²) in [6.07, 6.45) is 3.41. The molecular weight excluding hydrogens is 469 g/mol. The highest BCUT2D eigenvalue weighted by molar-refractivity contribution is 14.0. The number of nitrogens with one attached hydrogen (secondary N) is 2. The van der Waals surface area contributed by atoms with E-state index in [1.54, 1.807) is 13.3 Å². The molecule has 0 aromatic carbocycles. The van der Waals surface area contributed by atoms with Crippen molar-refractivity contribution in [1.29, 1.82) is 0 Å². The van der Waals surface area contributed by atoms with Gasteiger partial charge in [0, 0.05) is 32.1 Å². The summed E-state index contributed by atoms with van der Waals surface area (Å²) in [5, 5.41) is 11.0. The van der Waals surface area contributed by atoms with Crippen LogP contribution in [0, 0.1) is 0 Å². The summed E-state index contributed by atoms with van der Waals surface area (Å²) in [7, 11) is 1.78. The Morgan fingerprint density at radius 2 is 1.93 bits per heavy atom. The molecule has 1 unspecified atom stereocenters. The molecule has 0 saturated heterocycles. The Balaban J connectivity index is 0.00000392. The second-order valence-electron chi connectivity index (χ2n) is 6.30. The van der Waals surface area contributed by atoms with Crippen LogP contribution in [-0.2, 0) is 19.4 Å². The third-order valence-electron chi connectivity index (χ3n) is 4.85. The van der Waals surface area contributed by atoms with Crippen molar-refractivity contribution in [3.8, 4) is 0 Å². The molecule has 0 fully saturated rings. The molecule has 2 aromatic heterocycles. The van der Waals surface area contributed by atoms with E-state index in [0.717, 1.165) is 54.7 Å². The lowest BCUT2D eigenvalue weighted by Crippen LogP contribution is -2.43. The van der Waals surface area contributed by atoms with Gasteiger partial charge in [-0.1, -0.05) is 32.9 Å². The van der Waals surface area contributed by atoms with E-state index in [-0.39, 0.29) is 30.0 Å². The number of hydrogen-bond acceptors (Lipinski definition) is 5. The number of hydrogen-bond donors (Lipinski definition) is 2. The van der Waals surface area contributed by atoms with E-state index >= 15 is 0 Å². The minimum absolute atomic E-state index is 0. The number of aliphatic imine (C=N–C) groups is 1. The van der Waals surface area contributed by atoms with Crippen LogP contribution in [-0.4, -0.2) is 42.7 Å². The van der Waals surface area contributed by atoms with Crippen LogP contribution in [0.1, 0.15) is 56.5 Å². The standard InChI is InChI=1S/C20H33N5O2.HI/c1-6-16-15(18(7-2)27-24-16)13-22-20(21-5)23-14-17(25(8-3)9-4)19-11-10-12-26-19;/h10-12,17H,6-9,13-14H2,1-5H3,(H2,21,22,23);1H. The summed E-state index contributed by atoms with van der Waals surface area (Å²) < 4.78 is 11.1. The second kappa shape index (κ2) is 12.8. The van der Waals surface area contributed by atoms with Crippen molar-refractivity contribution >= 4 is 29.9 Å². The van der Waals surface area contributed by atoms with Crippen LogP contribution >= 0.6 is 24.0 Å². The molecule has 2 N–H and O–H groups in total. The summed E-state index contributed by atoms with van der Waals surface area (Å²) in [5.41, 5.74) is 2.14. The summed E-state index contributed by atoms with van der Waals surface area (Å²) in [5.74, 6) is 2.65. The Morgan fingerprint density at radius 1 is 1.18 bits per heavy atom. The van der Waals surface area contributed by atoms with Gasteiger partial charge in [-0.3, -0.25) is 9.89 Å². The third-order valence-corrected chi connectivity index (χ3v) is 4.85. The van der Waals surface area contributed by atoms with E-state index in [9.17, 15) is 0 Å². The summed E-state index contributed by atoms with van der Waals surface area (Å²) in [4.78, 5) is 6.72. The molecule has 0 aliphatic heterocycles. The summed E-state index contributed by atoms with van der Waals surface area (Å²) in [6, 6.07) is 4.11. The van der Waals surface area contributed by atoms with Gasteiger partial charge < -0.3 is 19.6 Å². The molecule has 158 valence electrons. The first-order chi connectivity index (χ1) is 13.2. The fraction of sp³-hybridized carbons (Fsp3) is 0.600. The zero-order valence-corrected chi connectivity index (χ0v) is 19.9. The van der Waals surface area contributed by atoms with Crippen molar-refractivity contribution in [3.63, 3.8) is 0 Å². The highest BCUT2D eigenvalue weighted by atomic mass is 127. The topological polar surface area (TPSA) is 78.8 Å². The molecular formula is C20H34IN5O2. The molecule has 28 heavy (non-hydrogen) atoms. The average molecular weight is 503 g/mol. The number of guanidine groups is 1. The maximum Gasteiger partial charge on any atom is 0.191 e. The minimum Gasteiger partial charge on any atom is -0.468 e. The van der Waals surface area contributed by atoms with Crippen molar-refractivity contribution < 1.29 is 8.94 Å². The lowest BCUT2D eigenvalue weighted by molar-refractivity contribution is 0.193. The van der Waals surface area contributed by atoms with Crippen LogP contribution in [0.3, 0.4) is 0 Å². The molecule has 0 spiro atoms. The lowest BCUT2D eigenvalue weighted by atomic mass is 10.1. The maximum absolute atomic E-state index is 5.66. The van der Waals surface area contributed by atoms with Crippen molar-refractivity contribution in [2.45, 2.75) is 53.1 Å². The zero-order chi connectivity index (χ0) is 19.6. The highest BCUT2D eigenvalue weighted by Crippen LogP contribution is 2.20. The maximum atomic E-state index is 5.66. The molecule has 0 aliphatic carbocycles. The Labute approximate surface area is 185 Å².